The molecule has 0 aliphatic heterocycles. The van der Waals surface area contributed by atoms with E-state index in [0.29, 0.717) is 11.1 Å². The molecule has 2 saturated carbocycles. The van der Waals surface area contributed by atoms with E-state index in [1.165, 1.54) is 42.7 Å². The summed E-state index contributed by atoms with van der Waals surface area (Å²) in [5.74, 6) is 0.610. The van der Waals surface area contributed by atoms with Crippen molar-refractivity contribution in [2.45, 2.75) is 45.6 Å². The molecule has 2 aliphatic carbocycles. The zero-order valence-corrected chi connectivity index (χ0v) is 12.4. The van der Waals surface area contributed by atoms with Gasteiger partial charge in [0.2, 0.25) is 5.91 Å². The largest absolute Gasteiger partial charge is 0.508 e. The molecule has 1 aromatic rings. The lowest BCUT2D eigenvalue weighted by Crippen LogP contribution is -2.45. The molecule has 0 saturated heterocycles. The molecule has 1 aromatic heterocycles. The van der Waals surface area contributed by atoms with Crippen LogP contribution in [0.2, 0.25) is 0 Å². The molecular weight excluding hydrogens is 268 g/mol. The maximum atomic E-state index is 12.1. The lowest BCUT2D eigenvalue weighted by molar-refractivity contribution is -0.122. The van der Waals surface area contributed by atoms with Gasteiger partial charge in [-0.15, -0.1) is 0 Å². The Bertz CT molecular complexity index is 612. The van der Waals surface area contributed by atoms with Crippen molar-refractivity contribution in [3.63, 3.8) is 0 Å². The summed E-state index contributed by atoms with van der Waals surface area (Å²) in [4.78, 5) is 23.9. The summed E-state index contributed by atoms with van der Waals surface area (Å²) in [6, 6.07) is 2.63. The van der Waals surface area contributed by atoms with Crippen LogP contribution in [0.5, 0.6) is 5.75 Å². The van der Waals surface area contributed by atoms with E-state index in [-0.39, 0.29) is 23.8 Å². The number of nitrogens with zero attached hydrogens (tertiary/aromatic N) is 1. The fourth-order valence-corrected chi connectivity index (χ4v) is 3.44. The van der Waals surface area contributed by atoms with Crippen LogP contribution in [0.15, 0.2) is 16.9 Å². The van der Waals surface area contributed by atoms with Gasteiger partial charge in [0.1, 0.15) is 12.3 Å². The number of aromatic nitrogens is 1. The molecule has 2 fully saturated rings. The topological polar surface area (TPSA) is 71.3 Å². The molecule has 114 valence electrons. The van der Waals surface area contributed by atoms with Crippen LogP contribution in [-0.2, 0) is 11.3 Å². The summed E-state index contributed by atoms with van der Waals surface area (Å²) in [6.45, 7) is 2.47. The van der Waals surface area contributed by atoms with E-state index in [1.54, 1.807) is 6.92 Å². The molecule has 5 nitrogen and oxygen atoms in total. The Morgan fingerprint density at radius 2 is 2.14 bits per heavy atom. The molecule has 21 heavy (non-hydrogen) atoms. The van der Waals surface area contributed by atoms with Crippen molar-refractivity contribution in [2.24, 2.45) is 11.3 Å². The van der Waals surface area contributed by atoms with Gasteiger partial charge in [0.05, 0.1) is 0 Å². The Balaban J connectivity index is 1.61. The summed E-state index contributed by atoms with van der Waals surface area (Å²) in [6.07, 6.45) is 6.30. The number of nitrogens with one attached hydrogen (secondary N) is 1. The molecule has 1 heterocycles. The number of hydrogen-bond acceptors (Lipinski definition) is 3. The van der Waals surface area contributed by atoms with E-state index >= 15 is 0 Å². The van der Waals surface area contributed by atoms with Gasteiger partial charge >= 0.3 is 0 Å². The van der Waals surface area contributed by atoms with Crippen LogP contribution in [0.1, 0.15) is 37.8 Å². The average molecular weight is 290 g/mol. The van der Waals surface area contributed by atoms with Crippen molar-refractivity contribution in [3.05, 3.63) is 28.2 Å². The second kappa shape index (κ2) is 5.20. The molecule has 0 bridgehead atoms. The third-order valence-electron chi connectivity index (χ3n) is 5.05. The molecule has 3 rings (SSSR count). The zero-order chi connectivity index (χ0) is 15.0. The molecular formula is C16H22N2O3. The minimum atomic E-state index is -0.344. The summed E-state index contributed by atoms with van der Waals surface area (Å²) in [5.41, 5.74) is 0.587. The van der Waals surface area contributed by atoms with E-state index in [4.69, 9.17) is 0 Å². The Morgan fingerprint density at radius 1 is 1.43 bits per heavy atom. The second-order valence-corrected chi connectivity index (χ2v) is 6.55. The van der Waals surface area contributed by atoms with Crippen molar-refractivity contribution in [1.29, 1.82) is 0 Å². The van der Waals surface area contributed by atoms with Crippen molar-refractivity contribution < 1.29 is 9.90 Å². The number of carbonyl (C=O) groups is 1. The maximum absolute atomic E-state index is 12.1. The molecule has 2 aliphatic rings. The van der Waals surface area contributed by atoms with Crippen LogP contribution in [-0.4, -0.2) is 22.1 Å². The van der Waals surface area contributed by atoms with Crippen LogP contribution < -0.4 is 10.9 Å². The van der Waals surface area contributed by atoms with Crippen LogP contribution in [0, 0.1) is 18.3 Å². The molecule has 0 aromatic carbocycles. The third kappa shape index (κ3) is 2.82. The Morgan fingerprint density at radius 3 is 2.67 bits per heavy atom. The SMILES string of the molecule is Cc1cc(O)cc(=O)n1CC(=O)NCC1(C2CC2)CCC1. The monoisotopic (exact) mass is 290 g/mol. The predicted octanol–water partition coefficient (Wildman–Crippen LogP) is 1.56. The first-order chi connectivity index (χ1) is 10.00. The lowest BCUT2D eigenvalue weighted by Gasteiger charge is -2.42. The molecule has 2 N–H and O–H groups in total. The highest BCUT2D eigenvalue weighted by molar-refractivity contribution is 5.75. The van der Waals surface area contributed by atoms with Crippen molar-refractivity contribution in [3.8, 4) is 5.75 Å². The minimum Gasteiger partial charge on any atom is -0.508 e. The summed E-state index contributed by atoms with van der Waals surface area (Å²) in [5, 5.41) is 12.4. The maximum Gasteiger partial charge on any atom is 0.254 e. The molecule has 5 heteroatoms. The number of aromatic hydroxyl groups is 1. The quantitative estimate of drug-likeness (QED) is 0.864. The van der Waals surface area contributed by atoms with Gasteiger partial charge in [0.25, 0.3) is 5.56 Å². The van der Waals surface area contributed by atoms with Crippen LogP contribution in [0.3, 0.4) is 0 Å². The highest BCUT2D eigenvalue weighted by atomic mass is 16.3. The van der Waals surface area contributed by atoms with Crippen LogP contribution in [0.4, 0.5) is 0 Å². The normalized spacial score (nSPS) is 19.9. The van der Waals surface area contributed by atoms with Crippen LogP contribution in [0.25, 0.3) is 0 Å². The Kier molecular flexibility index (Phi) is 3.51. The van der Waals surface area contributed by atoms with Gasteiger partial charge in [-0.1, -0.05) is 6.42 Å². The number of carbonyl (C=O) groups excluding carboxylic acids is 1. The number of amides is 1. The third-order valence-corrected chi connectivity index (χ3v) is 5.05. The highest BCUT2D eigenvalue weighted by Crippen LogP contribution is 2.56. The first-order valence-electron chi connectivity index (χ1n) is 7.67. The van der Waals surface area contributed by atoms with E-state index < -0.39 is 0 Å². The van der Waals surface area contributed by atoms with Crippen molar-refractivity contribution in [1.82, 2.24) is 9.88 Å². The van der Waals surface area contributed by atoms with Gasteiger partial charge in [0, 0.05) is 18.3 Å². The Labute approximate surface area is 124 Å². The van der Waals surface area contributed by atoms with Gasteiger partial charge in [0.15, 0.2) is 0 Å². The Hall–Kier alpha value is -1.78. The molecule has 1 amide bonds. The molecule has 0 atom stereocenters. The minimum absolute atomic E-state index is 0.0195. The molecule has 0 radical (unpaired) electrons. The number of pyridine rings is 1. The predicted molar refractivity (Wildman–Crippen MR) is 79.1 cm³/mol. The van der Waals surface area contributed by atoms with Gasteiger partial charge in [-0.2, -0.15) is 0 Å². The average Bonchev–Trinajstić information content (AvgIpc) is 3.17. The van der Waals surface area contributed by atoms with E-state index in [1.807, 2.05) is 0 Å². The van der Waals surface area contributed by atoms with Gasteiger partial charge < -0.3 is 15.0 Å². The number of rotatable bonds is 5. The summed E-state index contributed by atoms with van der Waals surface area (Å²) in [7, 11) is 0. The second-order valence-electron chi connectivity index (χ2n) is 6.55. The molecule has 0 unspecified atom stereocenters. The van der Waals surface area contributed by atoms with Crippen molar-refractivity contribution >= 4 is 5.91 Å². The van der Waals surface area contributed by atoms with E-state index in [2.05, 4.69) is 5.32 Å². The first-order valence-corrected chi connectivity index (χ1v) is 7.67. The van der Waals surface area contributed by atoms with Gasteiger partial charge in [-0.25, -0.2) is 0 Å². The zero-order valence-electron chi connectivity index (χ0n) is 12.4. The van der Waals surface area contributed by atoms with Crippen LogP contribution >= 0.6 is 0 Å². The summed E-state index contributed by atoms with van der Waals surface area (Å²) >= 11 is 0. The number of hydrogen-bond donors (Lipinski definition) is 2. The number of aryl methyl sites for hydroxylation is 1. The summed E-state index contributed by atoms with van der Waals surface area (Å²) < 4.78 is 1.39. The van der Waals surface area contributed by atoms with E-state index in [9.17, 15) is 14.7 Å². The van der Waals surface area contributed by atoms with E-state index in [0.717, 1.165) is 18.5 Å². The fourth-order valence-electron chi connectivity index (χ4n) is 3.44. The smallest absolute Gasteiger partial charge is 0.254 e. The standard InChI is InChI=1S/C16H22N2O3/c1-11-7-13(19)8-15(21)18(11)9-14(20)17-10-16(5-2-6-16)12-3-4-12/h7-8,12,19H,2-6,9-10H2,1H3,(H,17,20). The molecule has 0 spiro atoms. The lowest BCUT2D eigenvalue weighted by atomic mass is 9.65. The highest BCUT2D eigenvalue weighted by Gasteiger charge is 2.48. The fraction of sp³-hybridized carbons (Fsp3) is 0.625. The first kappa shape index (κ1) is 14.2. The van der Waals surface area contributed by atoms with Gasteiger partial charge in [-0.05, 0) is 50.0 Å². The van der Waals surface area contributed by atoms with Crippen molar-refractivity contribution in [2.75, 3.05) is 6.54 Å². The van der Waals surface area contributed by atoms with Gasteiger partial charge in [-0.3, -0.25) is 9.59 Å².